The number of aliphatic hydroxyl groups is 1. The van der Waals surface area contributed by atoms with E-state index in [9.17, 15) is 9.90 Å². The Morgan fingerprint density at radius 1 is 1.28 bits per heavy atom. The summed E-state index contributed by atoms with van der Waals surface area (Å²) in [6.07, 6.45) is 3.53. The van der Waals surface area contributed by atoms with Crippen molar-refractivity contribution < 1.29 is 14.6 Å². The van der Waals surface area contributed by atoms with E-state index < -0.39 is 5.97 Å². The van der Waals surface area contributed by atoms with Gasteiger partial charge in [-0.3, -0.25) is 0 Å². The van der Waals surface area contributed by atoms with Crippen LogP contribution in [0.1, 0.15) is 28.9 Å². The molecule has 0 spiro atoms. The molecular formula is C19H23N3O3. The molecular weight excluding hydrogens is 318 g/mol. The number of hydrogen-bond acceptors (Lipinski definition) is 6. The summed E-state index contributed by atoms with van der Waals surface area (Å²) in [6, 6.07) is 11.7. The van der Waals surface area contributed by atoms with Gasteiger partial charge in [0.1, 0.15) is 12.1 Å². The lowest BCUT2D eigenvalue weighted by Crippen LogP contribution is -2.39. The Kier molecular flexibility index (Phi) is 5.60. The van der Waals surface area contributed by atoms with Crippen LogP contribution >= 0.6 is 0 Å². The molecule has 1 unspecified atom stereocenters. The molecule has 0 radical (unpaired) electrons. The van der Waals surface area contributed by atoms with E-state index in [0.29, 0.717) is 6.42 Å². The average Bonchev–Trinajstić information content (AvgIpc) is 2.68. The highest BCUT2D eigenvalue weighted by Gasteiger charge is 2.26. The lowest BCUT2D eigenvalue weighted by molar-refractivity contribution is 0.0594. The second kappa shape index (κ2) is 8.07. The fourth-order valence-electron chi connectivity index (χ4n) is 3.27. The van der Waals surface area contributed by atoms with E-state index >= 15 is 0 Å². The molecule has 1 N–H and O–H groups in total. The highest BCUT2D eigenvalue weighted by molar-refractivity contribution is 5.87. The van der Waals surface area contributed by atoms with Crippen LogP contribution in [-0.4, -0.2) is 47.3 Å². The number of carbonyl (C=O) groups is 1. The zero-order chi connectivity index (χ0) is 17.6. The maximum absolute atomic E-state index is 11.6. The summed E-state index contributed by atoms with van der Waals surface area (Å²) in [7, 11) is 1.34. The number of rotatable bonds is 5. The SMILES string of the molecule is COC(=O)c1cc(N2CCC(C(O)Cc3ccccc3)CC2)ncn1. The number of methoxy groups -OCH3 is 1. The molecule has 25 heavy (non-hydrogen) atoms. The summed E-state index contributed by atoms with van der Waals surface area (Å²) < 4.78 is 4.70. The maximum atomic E-state index is 11.6. The van der Waals surface area contributed by atoms with Gasteiger partial charge in [0.05, 0.1) is 13.2 Å². The van der Waals surface area contributed by atoms with Crippen molar-refractivity contribution in [2.75, 3.05) is 25.1 Å². The summed E-state index contributed by atoms with van der Waals surface area (Å²) in [5, 5.41) is 10.5. The van der Waals surface area contributed by atoms with Gasteiger partial charge in [-0.15, -0.1) is 0 Å². The minimum Gasteiger partial charge on any atom is -0.464 e. The number of nitrogens with zero attached hydrogens (tertiary/aromatic N) is 3. The number of esters is 1. The second-order valence-corrected chi connectivity index (χ2v) is 6.33. The first-order chi connectivity index (χ1) is 12.2. The Balaban J connectivity index is 1.57. The fraction of sp³-hybridized carbons (Fsp3) is 0.421. The van der Waals surface area contributed by atoms with E-state index in [-0.39, 0.29) is 17.7 Å². The van der Waals surface area contributed by atoms with Gasteiger partial charge < -0.3 is 14.7 Å². The van der Waals surface area contributed by atoms with Crippen LogP contribution in [0.3, 0.4) is 0 Å². The van der Waals surface area contributed by atoms with Crippen LogP contribution in [0, 0.1) is 5.92 Å². The summed E-state index contributed by atoms with van der Waals surface area (Å²) in [5.74, 6) is 0.543. The van der Waals surface area contributed by atoms with E-state index in [4.69, 9.17) is 4.74 Å². The van der Waals surface area contributed by atoms with E-state index in [1.54, 1.807) is 6.07 Å². The van der Waals surface area contributed by atoms with E-state index in [1.165, 1.54) is 13.4 Å². The molecule has 0 saturated carbocycles. The first kappa shape index (κ1) is 17.4. The van der Waals surface area contributed by atoms with Gasteiger partial charge in [0.25, 0.3) is 0 Å². The second-order valence-electron chi connectivity index (χ2n) is 6.33. The molecule has 1 aliphatic heterocycles. The van der Waals surface area contributed by atoms with Crippen molar-refractivity contribution in [2.45, 2.75) is 25.4 Å². The van der Waals surface area contributed by atoms with Crippen molar-refractivity contribution in [3.8, 4) is 0 Å². The van der Waals surface area contributed by atoms with Gasteiger partial charge in [0.15, 0.2) is 5.69 Å². The van der Waals surface area contributed by atoms with Crippen LogP contribution in [-0.2, 0) is 11.2 Å². The quantitative estimate of drug-likeness (QED) is 0.839. The van der Waals surface area contributed by atoms with Crippen molar-refractivity contribution >= 4 is 11.8 Å². The smallest absolute Gasteiger partial charge is 0.356 e. The molecule has 1 aliphatic rings. The zero-order valence-corrected chi connectivity index (χ0v) is 14.3. The Hall–Kier alpha value is -2.47. The predicted molar refractivity (Wildman–Crippen MR) is 94.5 cm³/mol. The molecule has 0 bridgehead atoms. The van der Waals surface area contributed by atoms with Gasteiger partial charge in [0.2, 0.25) is 0 Å². The van der Waals surface area contributed by atoms with Gasteiger partial charge in [-0.2, -0.15) is 0 Å². The number of carbonyl (C=O) groups excluding carboxylic acids is 1. The highest BCUT2D eigenvalue weighted by Crippen LogP contribution is 2.26. The monoisotopic (exact) mass is 341 g/mol. The molecule has 1 atom stereocenters. The minimum atomic E-state index is -0.461. The average molecular weight is 341 g/mol. The Labute approximate surface area is 147 Å². The van der Waals surface area contributed by atoms with Crippen LogP contribution in [0.5, 0.6) is 0 Å². The molecule has 6 heteroatoms. The molecule has 0 aliphatic carbocycles. The third-order valence-corrected chi connectivity index (χ3v) is 4.74. The van der Waals surface area contributed by atoms with Crippen molar-refractivity contribution in [2.24, 2.45) is 5.92 Å². The number of piperidine rings is 1. The topological polar surface area (TPSA) is 75.5 Å². The van der Waals surface area contributed by atoms with Crippen molar-refractivity contribution in [1.82, 2.24) is 9.97 Å². The first-order valence-electron chi connectivity index (χ1n) is 8.54. The Bertz CT molecular complexity index is 700. The third kappa shape index (κ3) is 4.33. The summed E-state index contributed by atoms with van der Waals surface area (Å²) in [4.78, 5) is 21.9. The third-order valence-electron chi connectivity index (χ3n) is 4.74. The molecule has 6 nitrogen and oxygen atoms in total. The molecule has 1 aromatic carbocycles. The summed E-state index contributed by atoms with van der Waals surface area (Å²) in [5.41, 5.74) is 1.43. The standard InChI is InChI=1S/C19H23N3O3/c1-25-19(24)16-12-18(21-13-20-16)22-9-7-15(8-10-22)17(23)11-14-5-3-2-4-6-14/h2-6,12-13,15,17,23H,7-11H2,1H3. The van der Waals surface area contributed by atoms with Gasteiger partial charge in [-0.25, -0.2) is 14.8 Å². The number of ether oxygens (including phenoxy) is 1. The van der Waals surface area contributed by atoms with E-state index in [1.807, 2.05) is 30.3 Å². The Morgan fingerprint density at radius 2 is 2.00 bits per heavy atom. The predicted octanol–water partition coefficient (Wildman–Crippen LogP) is 2.08. The molecule has 0 amide bonds. The van der Waals surface area contributed by atoms with Crippen LogP contribution in [0.2, 0.25) is 0 Å². The molecule has 1 aromatic heterocycles. The van der Waals surface area contributed by atoms with E-state index in [2.05, 4.69) is 14.9 Å². The molecule has 2 heterocycles. The normalized spacial score (nSPS) is 16.5. The number of benzene rings is 1. The van der Waals surface area contributed by atoms with Crippen LogP contribution in [0.25, 0.3) is 0 Å². The van der Waals surface area contributed by atoms with Crippen molar-refractivity contribution in [1.29, 1.82) is 0 Å². The number of anilines is 1. The lowest BCUT2D eigenvalue weighted by Gasteiger charge is -2.35. The van der Waals surface area contributed by atoms with Crippen LogP contribution in [0.4, 0.5) is 5.82 Å². The largest absolute Gasteiger partial charge is 0.464 e. The molecule has 1 fully saturated rings. The van der Waals surface area contributed by atoms with Gasteiger partial charge in [-0.1, -0.05) is 30.3 Å². The van der Waals surface area contributed by atoms with Crippen LogP contribution < -0.4 is 4.90 Å². The summed E-state index contributed by atoms with van der Waals surface area (Å²) in [6.45, 7) is 1.60. The van der Waals surface area contributed by atoms with E-state index in [0.717, 1.165) is 37.3 Å². The highest BCUT2D eigenvalue weighted by atomic mass is 16.5. The lowest BCUT2D eigenvalue weighted by atomic mass is 9.88. The first-order valence-corrected chi connectivity index (χ1v) is 8.54. The Morgan fingerprint density at radius 3 is 2.68 bits per heavy atom. The maximum Gasteiger partial charge on any atom is 0.356 e. The minimum absolute atomic E-state index is 0.263. The van der Waals surface area contributed by atoms with Gasteiger partial charge in [-0.05, 0) is 30.7 Å². The summed E-state index contributed by atoms with van der Waals surface area (Å²) >= 11 is 0. The van der Waals surface area contributed by atoms with Gasteiger partial charge >= 0.3 is 5.97 Å². The number of aliphatic hydroxyl groups excluding tert-OH is 1. The van der Waals surface area contributed by atoms with Crippen molar-refractivity contribution in [3.05, 3.63) is 54.0 Å². The molecule has 3 rings (SSSR count). The molecule has 132 valence electrons. The molecule has 2 aromatic rings. The fourth-order valence-corrected chi connectivity index (χ4v) is 3.27. The molecule has 1 saturated heterocycles. The van der Waals surface area contributed by atoms with Crippen LogP contribution in [0.15, 0.2) is 42.7 Å². The van der Waals surface area contributed by atoms with Crippen molar-refractivity contribution in [3.63, 3.8) is 0 Å². The van der Waals surface area contributed by atoms with Gasteiger partial charge in [0, 0.05) is 19.2 Å². The number of hydrogen-bond donors (Lipinski definition) is 1. The number of aromatic nitrogens is 2. The zero-order valence-electron chi connectivity index (χ0n) is 14.3.